The van der Waals surface area contributed by atoms with Crippen molar-refractivity contribution in [3.63, 3.8) is 0 Å². The molecule has 0 aliphatic rings. The lowest BCUT2D eigenvalue weighted by molar-refractivity contribution is 0.156. The number of unbranched alkanes of at least 4 members (excludes halogenated alkanes) is 6. The van der Waals surface area contributed by atoms with Crippen molar-refractivity contribution >= 4 is 0 Å². The minimum absolute atomic E-state index is 0.102. The van der Waals surface area contributed by atoms with Crippen LogP contribution in [0, 0.1) is 11.3 Å². The molecule has 0 saturated carbocycles. The van der Waals surface area contributed by atoms with Gasteiger partial charge in [0.05, 0.1) is 24.3 Å². The van der Waals surface area contributed by atoms with E-state index in [9.17, 15) is 5.11 Å². The van der Waals surface area contributed by atoms with Crippen molar-refractivity contribution in [1.29, 1.82) is 5.26 Å². The second-order valence-electron chi connectivity index (χ2n) is 7.39. The quantitative estimate of drug-likeness (QED) is 0.404. The maximum atomic E-state index is 9.52. The van der Waals surface area contributed by atoms with Gasteiger partial charge in [-0.2, -0.15) is 5.26 Å². The van der Waals surface area contributed by atoms with Crippen molar-refractivity contribution in [3.05, 3.63) is 54.1 Å². The molecule has 0 aromatic heterocycles. The Hall–Kier alpha value is -2.31. The standard InChI is InChI=1S/C25H33NO2/c1-2-24(27)10-8-6-4-3-5-7-9-19-28-25-17-15-23(16-18-25)22-13-11-21(20-26)12-14-22/h11-18,24,27H,2-10,19H2,1H3. The molecule has 2 rings (SSSR count). The first-order valence-electron chi connectivity index (χ1n) is 10.6. The fourth-order valence-corrected chi connectivity index (χ4v) is 3.24. The van der Waals surface area contributed by atoms with E-state index < -0.39 is 0 Å². The molecule has 0 bridgehead atoms. The van der Waals surface area contributed by atoms with Gasteiger partial charge in [0.1, 0.15) is 5.75 Å². The Balaban J connectivity index is 1.55. The molecule has 0 amide bonds. The van der Waals surface area contributed by atoms with Gasteiger partial charge in [-0.3, -0.25) is 0 Å². The fourth-order valence-electron chi connectivity index (χ4n) is 3.24. The van der Waals surface area contributed by atoms with Crippen LogP contribution >= 0.6 is 0 Å². The van der Waals surface area contributed by atoms with Crippen LogP contribution in [0.15, 0.2) is 48.5 Å². The minimum Gasteiger partial charge on any atom is -0.494 e. The summed E-state index contributed by atoms with van der Waals surface area (Å²) in [5, 5.41) is 18.4. The zero-order valence-electron chi connectivity index (χ0n) is 17.1. The molecule has 1 unspecified atom stereocenters. The number of ether oxygens (including phenoxy) is 1. The Kier molecular flexibility index (Phi) is 10.2. The van der Waals surface area contributed by atoms with E-state index in [1.165, 1.54) is 32.1 Å². The largest absolute Gasteiger partial charge is 0.494 e. The number of nitriles is 1. The lowest BCUT2D eigenvalue weighted by Gasteiger charge is -2.08. The van der Waals surface area contributed by atoms with E-state index in [1.54, 1.807) is 0 Å². The van der Waals surface area contributed by atoms with Crippen LogP contribution in [0.3, 0.4) is 0 Å². The number of benzene rings is 2. The van der Waals surface area contributed by atoms with E-state index in [0.717, 1.165) is 49.2 Å². The lowest BCUT2D eigenvalue weighted by atomic mass is 10.0. The molecule has 2 aromatic carbocycles. The molecule has 0 aliphatic heterocycles. The van der Waals surface area contributed by atoms with Crippen molar-refractivity contribution in [2.75, 3.05) is 6.61 Å². The molecule has 3 nitrogen and oxygen atoms in total. The summed E-state index contributed by atoms with van der Waals surface area (Å²) in [5.74, 6) is 0.909. The zero-order chi connectivity index (χ0) is 20.0. The first-order valence-corrected chi connectivity index (χ1v) is 10.6. The minimum atomic E-state index is -0.102. The number of hydrogen-bond acceptors (Lipinski definition) is 3. The molecule has 0 aliphatic carbocycles. The summed E-state index contributed by atoms with van der Waals surface area (Å²) in [5.41, 5.74) is 2.91. The summed E-state index contributed by atoms with van der Waals surface area (Å²) in [6, 6.07) is 17.9. The number of nitrogens with zero attached hydrogens (tertiary/aromatic N) is 1. The van der Waals surface area contributed by atoms with Crippen molar-refractivity contribution in [2.24, 2.45) is 0 Å². The normalized spacial score (nSPS) is 11.8. The van der Waals surface area contributed by atoms with Gasteiger partial charge in [-0.1, -0.05) is 69.7 Å². The van der Waals surface area contributed by atoms with Gasteiger partial charge < -0.3 is 9.84 Å². The Bertz CT molecular complexity index is 701. The second-order valence-corrected chi connectivity index (χ2v) is 7.39. The third kappa shape index (κ3) is 8.15. The van der Waals surface area contributed by atoms with Crippen molar-refractivity contribution in [1.82, 2.24) is 0 Å². The second kappa shape index (κ2) is 13.0. The average molecular weight is 380 g/mol. The third-order valence-corrected chi connectivity index (χ3v) is 5.12. The van der Waals surface area contributed by atoms with E-state index in [2.05, 4.69) is 18.2 Å². The maximum absolute atomic E-state index is 9.52. The summed E-state index contributed by atoms with van der Waals surface area (Å²) in [6.07, 6.45) is 10.2. The SMILES string of the molecule is CCC(O)CCCCCCCCCOc1ccc(-c2ccc(C#N)cc2)cc1. The van der Waals surface area contributed by atoms with Crippen molar-refractivity contribution in [2.45, 2.75) is 70.8 Å². The highest BCUT2D eigenvalue weighted by molar-refractivity contribution is 5.64. The van der Waals surface area contributed by atoms with Gasteiger partial charge in [0.15, 0.2) is 0 Å². The van der Waals surface area contributed by atoms with Gasteiger partial charge in [0.2, 0.25) is 0 Å². The highest BCUT2D eigenvalue weighted by Gasteiger charge is 2.01. The van der Waals surface area contributed by atoms with Crippen LogP contribution in [0.1, 0.15) is 70.3 Å². The highest BCUT2D eigenvalue weighted by Crippen LogP contribution is 2.23. The van der Waals surface area contributed by atoms with Gasteiger partial charge in [-0.05, 0) is 54.7 Å². The molecule has 0 fully saturated rings. The molecule has 1 atom stereocenters. The Morgan fingerprint density at radius 1 is 0.821 bits per heavy atom. The fraction of sp³-hybridized carbons (Fsp3) is 0.480. The smallest absolute Gasteiger partial charge is 0.119 e. The third-order valence-electron chi connectivity index (χ3n) is 5.12. The number of hydrogen-bond donors (Lipinski definition) is 1. The molecule has 0 spiro atoms. The molecule has 28 heavy (non-hydrogen) atoms. The first kappa shape index (κ1) is 22.0. The lowest BCUT2D eigenvalue weighted by Crippen LogP contribution is -2.03. The molecule has 150 valence electrons. The zero-order valence-corrected chi connectivity index (χ0v) is 17.1. The van der Waals surface area contributed by atoms with Crippen LogP contribution in [0.4, 0.5) is 0 Å². The van der Waals surface area contributed by atoms with Crippen LogP contribution < -0.4 is 4.74 Å². The summed E-state index contributed by atoms with van der Waals surface area (Å²) in [7, 11) is 0. The first-order chi connectivity index (χ1) is 13.7. The summed E-state index contributed by atoms with van der Waals surface area (Å²) in [6.45, 7) is 2.80. The summed E-state index contributed by atoms with van der Waals surface area (Å²) < 4.78 is 5.85. The van der Waals surface area contributed by atoms with E-state index in [-0.39, 0.29) is 6.10 Å². The molecule has 0 radical (unpaired) electrons. The monoisotopic (exact) mass is 379 g/mol. The van der Waals surface area contributed by atoms with Crippen molar-refractivity contribution in [3.8, 4) is 22.9 Å². The highest BCUT2D eigenvalue weighted by atomic mass is 16.5. The number of rotatable bonds is 13. The van der Waals surface area contributed by atoms with Crippen molar-refractivity contribution < 1.29 is 9.84 Å². The van der Waals surface area contributed by atoms with Crippen LogP contribution in [-0.4, -0.2) is 17.8 Å². The summed E-state index contributed by atoms with van der Waals surface area (Å²) >= 11 is 0. The predicted octanol–water partition coefficient (Wildman–Crippen LogP) is 6.50. The van der Waals surface area contributed by atoms with Gasteiger partial charge in [-0.25, -0.2) is 0 Å². The van der Waals surface area contributed by atoms with Gasteiger partial charge >= 0.3 is 0 Å². The van der Waals surface area contributed by atoms with E-state index in [0.29, 0.717) is 5.56 Å². The topological polar surface area (TPSA) is 53.2 Å². The molecular weight excluding hydrogens is 346 g/mol. The van der Waals surface area contributed by atoms with Crippen LogP contribution in [0.2, 0.25) is 0 Å². The number of aliphatic hydroxyl groups is 1. The molecule has 2 aromatic rings. The molecule has 1 N–H and O–H groups in total. The van der Waals surface area contributed by atoms with Gasteiger partial charge in [0.25, 0.3) is 0 Å². The van der Waals surface area contributed by atoms with E-state index >= 15 is 0 Å². The van der Waals surface area contributed by atoms with E-state index in [4.69, 9.17) is 10.00 Å². The van der Waals surface area contributed by atoms with Gasteiger partial charge in [0, 0.05) is 0 Å². The Morgan fingerprint density at radius 3 is 1.93 bits per heavy atom. The van der Waals surface area contributed by atoms with Gasteiger partial charge in [-0.15, -0.1) is 0 Å². The Labute approximate surface area is 170 Å². The number of aliphatic hydroxyl groups excluding tert-OH is 1. The Morgan fingerprint density at radius 2 is 1.36 bits per heavy atom. The molecule has 0 saturated heterocycles. The van der Waals surface area contributed by atoms with Crippen LogP contribution in [-0.2, 0) is 0 Å². The maximum Gasteiger partial charge on any atom is 0.119 e. The van der Waals surface area contributed by atoms with Crippen LogP contribution in [0.25, 0.3) is 11.1 Å². The van der Waals surface area contributed by atoms with E-state index in [1.807, 2.05) is 43.3 Å². The van der Waals surface area contributed by atoms with Crippen LogP contribution in [0.5, 0.6) is 5.75 Å². The molecular formula is C25H33NO2. The summed E-state index contributed by atoms with van der Waals surface area (Å²) in [4.78, 5) is 0. The molecule has 3 heteroatoms. The predicted molar refractivity (Wildman–Crippen MR) is 115 cm³/mol. The average Bonchev–Trinajstić information content (AvgIpc) is 2.75. The molecule has 0 heterocycles.